The molecule has 0 aromatic heterocycles. The van der Waals surface area contributed by atoms with Crippen LogP contribution in [0.4, 0.5) is 0 Å². The number of hydrogen-bond donors (Lipinski definition) is 3. The van der Waals surface area contributed by atoms with Crippen molar-refractivity contribution in [3.05, 3.63) is 27.8 Å². The quantitative estimate of drug-likeness (QED) is 0.414. The number of nitrogens with two attached hydrogens (primary N) is 1. The molecule has 42 heavy (non-hydrogen) atoms. The van der Waals surface area contributed by atoms with E-state index in [1.54, 1.807) is 14.1 Å². The molecule has 0 radical (unpaired) electrons. The number of fused-ring (bicyclic) bond motifs is 3. The number of aromatic hydroxyl groups is 1. The molecular weight excluding hydrogens is 562 g/mol. The van der Waals surface area contributed by atoms with Crippen molar-refractivity contribution < 1.29 is 34.2 Å². The molecule has 230 valence electrons. The van der Waals surface area contributed by atoms with Gasteiger partial charge in [-0.15, -0.1) is 0 Å². The minimum absolute atomic E-state index is 0.0241. The summed E-state index contributed by atoms with van der Waals surface area (Å²) in [4.78, 5) is 70.1. The lowest BCUT2D eigenvalue weighted by molar-refractivity contribution is -0.181. The Kier molecular flexibility index (Phi) is 8.07. The SMILES string of the molecule is CN(C)[C@@H]1C(=O)C(C(N)=O)C(=O)[C@@]2(O)C(=O)C3C(=O)c4c(O)cc(CN(C)C(C)(C)CC(C)(C)C)c(Cl)c4C[C@H]3C[C@@H]12. The Morgan fingerprint density at radius 2 is 1.69 bits per heavy atom. The highest BCUT2D eigenvalue weighted by molar-refractivity contribution is 6.34. The second-order valence-electron chi connectivity index (χ2n) is 14.4. The van der Waals surface area contributed by atoms with Gasteiger partial charge in [0, 0.05) is 23.0 Å². The number of likely N-dealkylation sites (N-methyl/N-ethyl adjacent to an activating group) is 1. The van der Waals surface area contributed by atoms with Crippen molar-refractivity contribution in [2.24, 2.45) is 34.8 Å². The monoisotopic (exact) mass is 603 g/mol. The maximum Gasteiger partial charge on any atom is 0.235 e. The number of carbonyl (C=O) groups is 5. The van der Waals surface area contributed by atoms with Gasteiger partial charge in [-0.25, -0.2) is 0 Å². The number of Topliss-reactive ketones (excluding diaryl/α,β-unsaturated/α-hetero) is 4. The van der Waals surface area contributed by atoms with E-state index in [0.29, 0.717) is 22.7 Å². The Morgan fingerprint density at radius 1 is 1.10 bits per heavy atom. The molecule has 2 saturated carbocycles. The molecule has 1 aromatic rings. The molecule has 0 saturated heterocycles. The summed E-state index contributed by atoms with van der Waals surface area (Å²) < 4.78 is 0. The van der Waals surface area contributed by atoms with Gasteiger partial charge in [0.05, 0.1) is 17.5 Å². The first kappa shape index (κ1) is 32.3. The second-order valence-corrected chi connectivity index (χ2v) is 14.8. The molecule has 3 aliphatic rings. The fraction of sp³-hybridized carbons (Fsp3) is 0.645. The predicted molar refractivity (Wildman–Crippen MR) is 156 cm³/mol. The van der Waals surface area contributed by atoms with Crippen LogP contribution in [0.1, 0.15) is 68.9 Å². The van der Waals surface area contributed by atoms with Gasteiger partial charge in [-0.3, -0.25) is 33.8 Å². The summed E-state index contributed by atoms with van der Waals surface area (Å²) in [5.74, 6) is -10.8. The molecule has 0 spiro atoms. The molecule has 1 amide bonds. The van der Waals surface area contributed by atoms with Gasteiger partial charge < -0.3 is 15.9 Å². The number of hydrogen-bond acceptors (Lipinski definition) is 9. The summed E-state index contributed by atoms with van der Waals surface area (Å²) in [6.45, 7) is 11.1. The van der Waals surface area contributed by atoms with E-state index in [1.165, 1.54) is 11.0 Å². The summed E-state index contributed by atoms with van der Waals surface area (Å²) in [6.07, 6.45) is 0.992. The molecule has 10 nitrogen and oxygen atoms in total. The molecule has 0 bridgehead atoms. The number of halogens is 1. The third-order valence-corrected chi connectivity index (χ3v) is 9.94. The van der Waals surface area contributed by atoms with E-state index in [4.69, 9.17) is 17.3 Å². The molecule has 0 aliphatic heterocycles. The number of benzene rings is 1. The van der Waals surface area contributed by atoms with Gasteiger partial charge in [0.2, 0.25) is 5.91 Å². The predicted octanol–water partition coefficient (Wildman–Crippen LogP) is 2.17. The van der Waals surface area contributed by atoms with Crippen molar-refractivity contribution in [1.29, 1.82) is 0 Å². The first-order valence-electron chi connectivity index (χ1n) is 14.2. The van der Waals surface area contributed by atoms with Crippen molar-refractivity contribution in [2.45, 2.75) is 77.6 Å². The average Bonchev–Trinajstić information content (AvgIpc) is 2.82. The van der Waals surface area contributed by atoms with E-state index >= 15 is 0 Å². The zero-order valence-electron chi connectivity index (χ0n) is 25.6. The van der Waals surface area contributed by atoms with Crippen molar-refractivity contribution in [1.82, 2.24) is 9.80 Å². The van der Waals surface area contributed by atoms with E-state index in [1.807, 2.05) is 7.05 Å². The summed E-state index contributed by atoms with van der Waals surface area (Å²) in [6, 6.07) is 0.282. The molecule has 2 unspecified atom stereocenters. The molecule has 4 rings (SSSR count). The summed E-state index contributed by atoms with van der Waals surface area (Å²) in [7, 11) is 5.07. The molecule has 2 fully saturated rings. The lowest BCUT2D eigenvalue weighted by Gasteiger charge is -2.52. The minimum atomic E-state index is -2.75. The highest BCUT2D eigenvalue weighted by Gasteiger charge is 2.69. The lowest BCUT2D eigenvalue weighted by Crippen LogP contribution is -2.74. The van der Waals surface area contributed by atoms with Gasteiger partial charge in [0.15, 0.2) is 34.7 Å². The lowest BCUT2D eigenvalue weighted by atomic mass is 9.52. The number of ketones is 4. The summed E-state index contributed by atoms with van der Waals surface area (Å²) in [5.41, 5.74) is 3.39. The van der Waals surface area contributed by atoms with Crippen LogP contribution >= 0.6 is 11.6 Å². The Bertz CT molecular complexity index is 1380. The average molecular weight is 604 g/mol. The molecule has 1 aromatic carbocycles. The van der Waals surface area contributed by atoms with Crippen LogP contribution in [0.25, 0.3) is 0 Å². The van der Waals surface area contributed by atoms with E-state index in [9.17, 15) is 34.2 Å². The van der Waals surface area contributed by atoms with Gasteiger partial charge in [0.25, 0.3) is 0 Å². The van der Waals surface area contributed by atoms with Crippen LogP contribution < -0.4 is 5.73 Å². The normalized spacial score (nSPS) is 30.0. The Balaban J connectivity index is 1.76. The molecule has 4 N–H and O–H groups in total. The summed E-state index contributed by atoms with van der Waals surface area (Å²) in [5, 5.41) is 23.1. The van der Waals surface area contributed by atoms with E-state index < -0.39 is 64.4 Å². The van der Waals surface area contributed by atoms with Crippen LogP contribution in [0.5, 0.6) is 5.75 Å². The fourth-order valence-corrected chi connectivity index (χ4v) is 8.01. The molecule has 6 atom stereocenters. The molecule has 3 aliphatic carbocycles. The second kappa shape index (κ2) is 10.5. The Labute approximate surface area is 251 Å². The molecule has 0 heterocycles. The third-order valence-electron chi connectivity index (χ3n) is 9.47. The zero-order chi connectivity index (χ0) is 31.9. The largest absolute Gasteiger partial charge is 0.507 e. The number of phenols is 1. The van der Waals surface area contributed by atoms with Crippen molar-refractivity contribution in [3.63, 3.8) is 0 Å². The smallest absolute Gasteiger partial charge is 0.235 e. The number of amides is 1. The van der Waals surface area contributed by atoms with Gasteiger partial charge >= 0.3 is 0 Å². The minimum Gasteiger partial charge on any atom is -0.507 e. The maximum atomic E-state index is 13.9. The van der Waals surface area contributed by atoms with Gasteiger partial charge in [0.1, 0.15) is 5.75 Å². The highest BCUT2D eigenvalue weighted by Crippen LogP contribution is 2.52. The zero-order valence-corrected chi connectivity index (χ0v) is 26.3. The van der Waals surface area contributed by atoms with Crippen molar-refractivity contribution in [2.75, 3.05) is 21.1 Å². The summed E-state index contributed by atoms with van der Waals surface area (Å²) >= 11 is 6.91. The topological polar surface area (TPSA) is 158 Å². The number of phenolic OH excluding ortho intramolecular Hbond substituents is 1. The number of nitrogens with zero attached hydrogens (tertiary/aromatic N) is 2. The van der Waals surface area contributed by atoms with Gasteiger partial charge in [-0.1, -0.05) is 32.4 Å². The van der Waals surface area contributed by atoms with E-state index in [0.717, 1.165) is 6.42 Å². The van der Waals surface area contributed by atoms with Crippen molar-refractivity contribution in [3.8, 4) is 5.75 Å². The third kappa shape index (κ3) is 5.00. The maximum absolute atomic E-state index is 13.9. The highest BCUT2D eigenvalue weighted by atomic mass is 35.5. The van der Waals surface area contributed by atoms with Crippen LogP contribution in [0.15, 0.2) is 6.07 Å². The first-order valence-corrected chi connectivity index (χ1v) is 14.6. The Morgan fingerprint density at radius 3 is 2.21 bits per heavy atom. The van der Waals surface area contributed by atoms with Crippen LogP contribution in [0, 0.1) is 29.1 Å². The van der Waals surface area contributed by atoms with Gasteiger partial charge in [-0.2, -0.15) is 0 Å². The number of carbonyl (C=O) groups excluding carboxylic acids is 5. The van der Waals surface area contributed by atoms with Crippen LogP contribution in [0.2, 0.25) is 5.02 Å². The van der Waals surface area contributed by atoms with E-state index in [-0.39, 0.29) is 35.1 Å². The molecular formula is C31H42ClN3O7. The van der Waals surface area contributed by atoms with Crippen molar-refractivity contribution >= 4 is 40.6 Å². The fourth-order valence-electron chi connectivity index (χ4n) is 7.73. The van der Waals surface area contributed by atoms with Crippen LogP contribution in [-0.4, -0.2) is 87.4 Å². The van der Waals surface area contributed by atoms with Gasteiger partial charge in [-0.05, 0) is 82.8 Å². The Hall–Kier alpha value is -2.66. The van der Waals surface area contributed by atoms with E-state index in [2.05, 4.69) is 39.5 Å². The standard InChI is InChI=1S/C31H42ClN3O7/c1-29(2,3)13-30(4,5)35(8)12-15-11-18(36)20-16(22(15)32)9-14-10-17-23(34(6)7)25(38)21(28(33)41)27(40)31(17,42)26(39)19(14)24(20)37/h11,14,17,19,21,23,36,42H,9-10,12-13H2,1-8H3,(H2,33,41)/t14-,17-,19?,21?,23-,31-/m0/s1. The van der Waals surface area contributed by atoms with Crippen LogP contribution in [0.3, 0.4) is 0 Å². The number of primary amides is 1. The first-order chi connectivity index (χ1) is 19.1. The molecule has 11 heteroatoms. The number of aliphatic hydroxyl groups is 1. The van der Waals surface area contributed by atoms with Crippen LogP contribution in [-0.2, 0) is 32.1 Å². The number of rotatable bonds is 6.